The van der Waals surface area contributed by atoms with E-state index >= 15 is 0 Å². The fourth-order valence-corrected chi connectivity index (χ4v) is 3.04. The number of hydrogen-bond donors (Lipinski definition) is 0. The molecule has 0 aliphatic rings. The molecule has 0 saturated heterocycles. The molecule has 6 heteroatoms. The van der Waals surface area contributed by atoms with Crippen molar-refractivity contribution in [2.24, 2.45) is 0 Å². The van der Waals surface area contributed by atoms with Crippen LogP contribution in [0.15, 0.2) is 33.6 Å². The molecule has 3 aromatic heterocycles. The van der Waals surface area contributed by atoms with Gasteiger partial charge in [-0.15, -0.1) is 0 Å². The molecule has 0 bridgehead atoms. The predicted molar refractivity (Wildman–Crippen MR) is 76.2 cm³/mol. The third-order valence-electron chi connectivity index (χ3n) is 2.77. The molecule has 0 unspecified atom stereocenters. The Bertz CT molecular complexity index is 780. The van der Waals surface area contributed by atoms with Crippen molar-refractivity contribution in [2.75, 3.05) is 0 Å². The molecule has 0 aliphatic heterocycles. The molecule has 0 spiro atoms. The van der Waals surface area contributed by atoms with Crippen LogP contribution in [0.3, 0.4) is 0 Å². The molecule has 19 heavy (non-hydrogen) atoms. The third-order valence-corrected chi connectivity index (χ3v) is 3.89. The number of imidazole rings is 1. The van der Waals surface area contributed by atoms with E-state index in [-0.39, 0.29) is 17.1 Å². The summed E-state index contributed by atoms with van der Waals surface area (Å²) < 4.78 is 16.1. The molecule has 0 fully saturated rings. The smallest absolute Gasteiger partial charge is 0.180 e. The van der Waals surface area contributed by atoms with Crippen molar-refractivity contribution in [3.05, 3.63) is 45.1 Å². The summed E-state index contributed by atoms with van der Waals surface area (Å²) in [7, 11) is 0. The van der Waals surface area contributed by atoms with E-state index < -0.39 is 5.82 Å². The Balaban J connectivity index is 2.46. The molecule has 0 amide bonds. The van der Waals surface area contributed by atoms with Crippen molar-refractivity contribution in [3.8, 4) is 11.3 Å². The number of fused-ring (bicyclic) bond motifs is 1. The van der Waals surface area contributed by atoms with Crippen LogP contribution < -0.4 is 0 Å². The van der Waals surface area contributed by atoms with Crippen LogP contribution in [-0.4, -0.2) is 15.2 Å². The number of ketones is 1. The second-order valence-electron chi connectivity index (χ2n) is 4.08. The Kier molecular flexibility index (Phi) is 2.99. The molecular weight excluding hydrogens is 331 g/mol. The Labute approximate surface area is 120 Å². The summed E-state index contributed by atoms with van der Waals surface area (Å²) in [6.45, 7) is 1.44. The van der Waals surface area contributed by atoms with Gasteiger partial charge in [-0.1, -0.05) is 0 Å². The van der Waals surface area contributed by atoms with Gasteiger partial charge in [-0.3, -0.25) is 9.20 Å². The second-order valence-corrected chi connectivity index (χ2v) is 5.77. The lowest BCUT2D eigenvalue weighted by Gasteiger charge is -2.02. The highest BCUT2D eigenvalue weighted by molar-refractivity contribution is 9.10. The first kappa shape index (κ1) is 12.5. The van der Waals surface area contributed by atoms with E-state index in [1.807, 2.05) is 16.8 Å². The fourth-order valence-electron chi connectivity index (χ4n) is 1.99. The summed E-state index contributed by atoms with van der Waals surface area (Å²) >= 11 is 4.77. The number of Topliss-reactive ketones (excluding diaryl/α,β-unsaturated/α-hetero) is 1. The highest BCUT2D eigenvalue weighted by atomic mass is 79.9. The average Bonchev–Trinajstić information content (AvgIpc) is 2.93. The van der Waals surface area contributed by atoms with Gasteiger partial charge in [0.05, 0.1) is 5.69 Å². The summed E-state index contributed by atoms with van der Waals surface area (Å²) in [5.41, 5.74) is 1.94. The van der Waals surface area contributed by atoms with Gasteiger partial charge in [0.15, 0.2) is 17.2 Å². The Morgan fingerprint density at radius 1 is 1.53 bits per heavy atom. The molecule has 3 nitrogen and oxygen atoms in total. The number of nitrogens with zero attached hydrogens (tertiary/aromatic N) is 2. The topological polar surface area (TPSA) is 34.4 Å². The molecule has 3 heterocycles. The number of carbonyl (C=O) groups excluding carboxylic acids is 1. The second kappa shape index (κ2) is 4.54. The summed E-state index contributed by atoms with van der Waals surface area (Å²) in [4.78, 5) is 15.9. The van der Waals surface area contributed by atoms with Crippen LogP contribution in [-0.2, 0) is 0 Å². The zero-order valence-corrected chi connectivity index (χ0v) is 12.3. The van der Waals surface area contributed by atoms with Crippen LogP contribution in [0.25, 0.3) is 16.9 Å². The maximum atomic E-state index is 13.9. The number of rotatable bonds is 2. The molecule has 0 atom stereocenters. The van der Waals surface area contributed by atoms with Crippen LogP contribution in [0, 0.1) is 5.82 Å². The average molecular weight is 339 g/mol. The van der Waals surface area contributed by atoms with Crippen molar-refractivity contribution in [1.82, 2.24) is 9.38 Å². The van der Waals surface area contributed by atoms with E-state index in [2.05, 4.69) is 20.9 Å². The quantitative estimate of drug-likeness (QED) is 0.657. The number of hydrogen-bond acceptors (Lipinski definition) is 3. The van der Waals surface area contributed by atoms with Crippen LogP contribution in [0.2, 0.25) is 0 Å². The minimum Gasteiger partial charge on any atom is -0.295 e. The molecule has 0 saturated carbocycles. The van der Waals surface area contributed by atoms with Gasteiger partial charge in [0, 0.05) is 28.5 Å². The molecule has 0 N–H and O–H groups in total. The number of halogens is 2. The first-order chi connectivity index (χ1) is 9.08. The van der Waals surface area contributed by atoms with E-state index in [0.717, 1.165) is 5.56 Å². The highest BCUT2D eigenvalue weighted by Gasteiger charge is 2.20. The van der Waals surface area contributed by atoms with Crippen molar-refractivity contribution >= 4 is 38.7 Å². The lowest BCUT2D eigenvalue weighted by Crippen LogP contribution is -1.96. The fraction of sp³-hybridized carbons (Fsp3) is 0.0769. The van der Waals surface area contributed by atoms with E-state index in [0.29, 0.717) is 10.2 Å². The zero-order valence-electron chi connectivity index (χ0n) is 9.85. The predicted octanol–water partition coefficient (Wildman–Crippen LogP) is 4.17. The maximum absolute atomic E-state index is 13.9. The van der Waals surface area contributed by atoms with Gasteiger partial charge in [-0.25, -0.2) is 9.37 Å². The van der Waals surface area contributed by atoms with E-state index in [1.54, 1.807) is 10.6 Å². The number of aromatic nitrogens is 2. The SMILES string of the molecule is CC(=O)c1nc2c(F)cc(Br)cn2c1-c1ccsc1. The summed E-state index contributed by atoms with van der Waals surface area (Å²) in [6.07, 6.45) is 1.71. The molecule has 3 aromatic rings. The maximum Gasteiger partial charge on any atom is 0.180 e. The van der Waals surface area contributed by atoms with Gasteiger partial charge in [-0.05, 0) is 33.4 Å². The highest BCUT2D eigenvalue weighted by Crippen LogP contribution is 2.29. The van der Waals surface area contributed by atoms with Crippen molar-refractivity contribution in [2.45, 2.75) is 6.92 Å². The van der Waals surface area contributed by atoms with Gasteiger partial charge in [0.1, 0.15) is 5.69 Å². The number of carbonyl (C=O) groups is 1. The lowest BCUT2D eigenvalue weighted by molar-refractivity contribution is 0.101. The Morgan fingerprint density at radius 3 is 2.95 bits per heavy atom. The summed E-state index contributed by atoms with van der Waals surface area (Å²) in [6, 6.07) is 3.23. The first-order valence-electron chi connectivity index (χ1n) is 5.48. The molecule has 0 radical (unpaired) electrons. The minimum absolute atomic E-state index is 0.162. The van der Waals surface area contributed by atoms with Crippen LogP contribution in [0.1, 0.15) is 17.4 Å². The monoisotopic (exact) mass is 338 g/mol. The normalized spacial score (nSPS) is 11.1. The standard InChI is InChI=1S/C13H8BrFN2OS/c1-7(18)11-12(8-2-3-19-6-8)17-5-9(14)4-10(15)13(17)16-11/h2-6H,1H3. The molecule has 0 aromatic carbocycles. The number of pyridine rings is 1. The zero-order chi connectivity index (χ0) is 13.6. The molecule has 3 rings (SSSR count). The van der Waals surface area contributed by atoms with Crippen molar-refractivity contribution in [3.63, 3.8) is 0 Å². The molecule has 0 aliphatic carbocycles. The molecule has 96 valence electrons. The van der Waals surface area contributed by atoms with Gasteiger partial charge < -0.3 is 0 Å². The lowest BCUT2D eigenvalue weighted by atomic mass is 10.1. The van der Waals surface area contributed by atoms with Crippen molar-refractivity contribution < 1.29 is 9.18 Å². The van der Waals surface area contributed by atoms with Crippen molar-refractivity contribution in [1.29, 1.82) is 0 Å². The van der Waals surface area contributed by atoms with Gasteiger partial charge in [0.25, 0.3) is 0 Å². The van der Waals surface area contributed by atoms with Gasteiger partial charge in [0.2, 0.25) is 0 Å². The Morgan fingerprint density at radius 2 is 2.32 bits per heavy atom. The van der Waals surface area contributed by atoms with Crippen LogP contribution in [0.4, 0.5) is 4.39 Å². The summed E-state index contributed by atoms with van der Waals surface area (Å²) in [5.74, 6) is -0.640. The number of thiophene rings is 1. The molecular formula is C13H8BrFN2OS. The van der Waals surface area contributed by atoms with Gasteiger partial charge in [-0.2, -0.15) is 11.3 Å². The largest absolute Gasteiger partial charge is 0.295 e. The minimum atomic E-state index is -0.460. The van der Waals surface area contributed by atoms with Crippen LogP contribution in [0.5, 0.6) is 0 Å². The van der Waals surface area contributed by atoms with E-state index in [1.165, 1.54) is 24.3 Å². The van der Waals surface area contributed by atoms with Crippen LogP contribution >= 0.6 is 27.3 Å². The summed E-state index contributed by atoms with van der Waals surface area (Å²) in [5, 5.41) is 3.82. The first-order valence-corrected chi connectivity index (χ1v) is 7.22. The van der Waals surface area contributed by atoms with E-state index in [4.69, 9.17) is 0 Å². The van der Waals surface area contributed by atoms with E-state index in [9.17, 15) is 9.18 Å². The van der Waals surface area contributed by atoms with Gasteiger partial charge >= 0.3 is 0 Å². The third kappa shape index (κ3) is 2.01. The Hall–Kier alpha value is -1.53.